The molecule has 1 saturated heterocycles. The van der Waals surface area contributed by atoms with Gasteiger partial charge in [0.15, 0.2) is 5.66 Å². The van der Waals surface area contributed by atoms with Crippen LogP contribution in [0.5, 0.6) is 5.75 Å². The van der Waals surface area contributed by atoms with Crippen molar-refractivity contribution in [3.8, 4) is 5.75 Å². The molecular weight excluding hydrogens is 524 g/mol. The second kappa shape index (κ2) is 9.99. The minimum absolute atomic E-state index is 0.0854. The van der Waals surface area contributed by atoms with Gasteiger partial charge in [0.2, 0.25) is 0 Å². The molecule has 35 heavy (non-hydrogen) atoms. The van der Waals surface area contributed by atoms with Gasteiger partial charge in [-0.1, -0.05) is 53.5 Å². The number of nitrogens with one attached hydrogen (secondary N) is 2. The van der Waals surface area contributed by atoms with Gasteiger partial charge in [-0.2, -0.15) is 13.2 Å². The highest BCUT2D eigenvalue weighted by molar-refractivity contribution is 6.65. The van der Waals surface area contributed by atoms with E-state index in [-0.39, 0.29) is 17.9 Å². The third-order valence-electron chi connectivity index (χ3n) is 5.84. The van der Waals surface area contributed by atoms with Crippen LogP contribution in [-0.4, -0.2) is 11.8 Å². The Hall–Kier alpha value is -2.29. The first-order valence-electron chi connectivity index (χ1n) is 10.7. The number of ether oxygens (including phenoxy) is 1. The van der Waals surface area contributed by atoms with Crippen LogP contribution in [0.4, 0.5) is 13.2 Å². The van der Waals surface area contributed by atoms with Gasteiger partial charge in [0, 0.05) is 15.6 Å². The molecule has 2 atom stereocenters. The summed E-state index contributed by atoms with van der Waals surface area (Å²) in [4.78, 5) is 13.0. The summed E-state index contributed by atoms with van der Waals surface area (Å²) in [5.41, 5.74) is -0.936. The molecule has 3 aromatic rings. The summed E-state index contributed by atoms with van der Waals surface area (Å²) in [6, 6.07) is 16.0. The molecule has 0 amide bonds. The third kappa shape index (κ3) is 5.15. The van der Waals surface area contributed by atoms with Gasteiger partial charge in [0.1, 0.15) is 5.75 Å². The van der Waals surface area contributed by atoms with E-state index in [4.69, 9.17) is 39.5 Å². The summed E-state index contributed by atoms with van der Waals surface area (Å²) >= 11 is 18.3. The maximum absolute atomic E-state index is 13.4. The van der Waals surface area contributed by atoms with E-state index in [1.54, 1.807) is 55.5 Å². The SMILES string of the molecule is CCOc1cc(C(F)(F)F)ccc1C1(C(=O)Cl)NC(c2ccc(Cl)cc2)C(c2ccc(Cl)cc2)N1. The first-order chi connectivity index (χ1) is 16.5. The Balaban J connectivity index is 1.88. The molecule has 0 aromatic heterocycles. The van der Waals surface area contributed by atoms with E-state index < -0.39 is 34.7 Å². The zero-order valence-electron chi connectivity index (χ0n) is 18.3. The van der Waals surface area contributed by atoms with Crippen molar-refractivity contribution in [1.29, 1.82) is 0 Å². The molecule has 0 spiro atoms. The Morgan fingerprint density at radius 2 is 1.40 bits per heavy atom. The molecule has 0 radical (unpaired) electrons. The monoisotopic (exact) mass is 542 g/mol. The van der Waals surface area contributed by atoms with Crippen molar-refractivity contribution in [3.05, 3.63) is 99.0 Å². The fourth-order valence-corrected chi connectivity index (χ4v) is 4.69. The summed E-state index contributed by atoms with van der Waals surface area (Å²) in [5, 5.41) is 6.70. The summed E-state index contributed by atoms with van der Waals surface area (Å²) in [6.45, 7) is 1.73. The lowest BCUT2D eigenvalue weighted by Gasteiger charge is -2.29. The van der Waals surface area contributed by atoms with Crippen LogP contribution in [0, 0.1) is 0 Å². The Bertz CT molecular complexity index is 1160. The molecule has 0 saturated carbocycles. The van der Waals surface area contributed by atoms with Gasteiger partial charge in [-0.15, -0.1) is 0 Å². The largest absolute Gasteiger partial charge is 0.493 e. The van der Waals surface area contributed by atoms with Gasteiger partial charge < -0.3 is 4.74 Å². The third-order valence-corrected chi connectivity index (χ3v) is 6.63. The quantitative estimate of drug-likeness (QED) is 0.329. The minimum atomic E-state index is -4.59. The number of alkyl halides is 3. The highest BCUT2D eigenvalue weighted by atomic mass is 35.5. The first-order valence-corrected chi connectivity index (χ1v) is 11.8. The van der Waals surface area contributed by atoms with Gasteiger partial charge in [-0.05, 0) is 66.0 Å². The van der Waals surface area contributed by atoms with Crippen molar-refractivity contribution in [3.63, 3.8) is 0 Å². The number of carbonyl (C=O) groups excluding carboxylic acids is 1. The predicted octanol–water partition coefficient (Wildman–Crippen LogP) is 7.00. The lowest BCUT2D eigenvalue weighted by atomic mass is 9.95. The lowest BCUT2D eigenvalue weighted by Crippen LogP contribution is -2.51. The Kier molecular flexibility index (Phi) is 7.36. The fraction of sp³-hybridized carbons (Fsp3) is 0.240. The Labute approximate surface area is 215 Å². The first kappa shape index (κ1) is 25.8. The summed E-state index contributed by atoms with van der Waals surface area (Å²) in [7, 11) is 0. The second-order valence-corrected chi connectivity index (χ2v) is 9.23. The number of hydrogen-bond acceptors (Lipinski definition) is 4. The van der Waals surface area contributed by atoms with Crippen LogP contribution in [0.25, 0.3) is 0 Å². The fourth-order valence-electron chi connectivity index (χ4n) is 4.22. The van der Waals surface area contributed by atoms with E-state index in [1.807, 2.05) is 0 Å². The van der Waals surface area contributed by atoms with Crippen LogP contribution in [0.3, 0.4) is 0 Å². The highest BCUT2D eigenvalue weighted by Gasteiger charge is 2.52. The van der Waals surface area contributed by atoms with Crippen molar-refractivity contribution < 1.29 is 22.7 Å². The molecule has 2 unspecified atom stereocenters. The number of carbonyl (C=O) groups is 1. The van der Waals surface area contributed by atoms with E-state index in [0.29, 0.717) is 10.0 Å². The van der Waals surface area contributed by atoms with Crippen molar-refractivity contribution >= 4 is 40.0 Å². The molecule has 2 N–H and O–H groups in total. The molecule has 184 valence electrons. The predicted molar refractivity (Wildman–Crippen MR) is 130 cm³/mol. The number of hydrogen-bond donors (Lipinski definition) is 2. The summed E-state index contributed by atoms with van der Waals surface area (Å²) in [5.74, 6) is -0.108. The van der Waals surface area contributed by atoms with Gasteiger partial charge in [-0.25, -0.2) is 0 Å². The number of halogens is 6. The number of benzene rings is 3. The van der Waals surface area contributed by atoms with Gasteiger partial charge in [0.05, 0.1) is 24.3 Å². The molecule has 0 aliphatic carbocycles. The molecule has 3 aromatic carbocycles. The van der Waals surface area contributed by atoms with Crippen LogP contribution in [0.15, 0.2) is 66.7 Å². The van der Waals surface area contributed by atoms with E-state index in [2.05, 4.69) is 10.6 Å². The van der Waals surface area contributed by atoms with E-state index in [1.165, 1.54) is 6.07 Å². The van der Waals surface area contributed by atoms with Gasteiger partial charge >= 0.3 is 6.18 Å². The van der Waals surface area contributed by atoms with Gasteiger partial charge in [-0.3, -0.25) is 15.4 Å². The second-order valence-electron chi connectivity index (χ2n) is 8.01. The highest BCUT2D eigenvalue weighted by Crippen LogP contribution is 2.45. The maximum atomic E-state index is 13.4. The van der Waals surface area contributed by atoms with Crippen molar-refractivity contribution in [2.45, 2.75) is 30.8 Å². The standard InChI is InChI=1S/C25H20Cl3F3N2O2/c1-2-35-20-13-16(25(29,30)31)7-12-19(20)24(23(28)34)32-21(14-3-8-17(26)9-4-14)22(33-24)15-5-10-18(27)11-6-15/h3-13,21-22,32-33H,2H2,1H3. The maximum Gasteiger partial charge on any atom is 0.416 e. The lowest BCUT2D eigenvalue weighted by molar-refractivity contribution is -0.137. The molecule has 4 rings (SSSR count). The van der Waals surface area contributed by atoms with Crippen LogP contribution < -0.4 is 15.4 Å². The van der Waals surface area contributed by atoms with Crippen molar-refractivity contribution in [1.82, 2.24) is 10.6 Å². The molecule has 1 aliphatic heterocycles. The average molecular weight is 544 g/mol. The minimum Gasteiger partial charge on any atom is -0.493 e. The molecule has 1 heterocycles. The van der Waals surface area contributed by atoms with Crippen molar-refractivity contribution in [2.75, 3.05) is 6.61 Å². The zero-order valence-corrected chi connectivity index (χ0v) is 20.6. The smallest absolute Gasteiger partial charge is 0.416 e. The van der Waals surface area contributed by atoms with E-state index in [0.717, 1.165) is 23.3 Å². The van der Waals surface area contributed by atoms with E-state index in [9.17, 15) is 18.0 Å². The van der Waals surface area contributed by atoms with Crippen LogP contribution in [-0.2, 0) is 16.6 Å². The average Bonchev–Trinajstić information content (AvgIpc) is 3.22. The summed E-state index contributed by atoms with van der Waals surface area (Å²) in [6.07, 6.45) is -4.59. The van der Waals surface area contributed by atoms with Gasteiger partial charge in [0.25, 0.3) is 5.24 Å². The molecule has 1 aliphatic rings. The van der Waals surface area contributed by atoms with Crippen LogP contribution in [0.2, 0.25) is 10.0 Å². The zero-order chi connectivity index (χ0) is 25.4. The molecule has 10 heteroatoms. The Morgan fingerprint density at radius 1 is 0.914 bits per heavy atom. The molecule has 1 fully saturated rings. The van der Waals surface area contributed by atoms with Crippen molar-refractivity contribution in [2.24, 2.45) is 0 Å². The number of rotatable bonds is 6. The van der Waals surface area contributed by atoms with E-state index >= 15 is 0 Å². The van der Waals surface area contributed by atoms with Crippen LogP contribution >= 0.6 is 34.8 Å². The Morgan fingerprint density at radius 3 is 1.80 bits per heavy atom. The molecule has 4 nitrogen and oxygen atoms in total. The molecular formula is C25H20Cl3F3N2O2. The topological polar surface area (TPSA) is 50.4 Å². The normalized spacial score (nSPS) is 22.3. The molecule has 0 bridgehead atoms. The van der Waals surface area contributed by atoms with Crippen LogP contribution in [0.1, 0.15) is 41.3 Å². The summed E-state index contributed by atoms with van der Waals surface area (Å²) < 4.78 is 45.8.